The summed E-state index contributed by atoms with van der Waals surface area (Å²) < 4.78 is 0. The Labute approximate surface area is 133 Å². The van der Waals surface area contributed by atoms with Crippen LogP contribution < -0.4 is 10.1 Å². The molecule has 0 saturated heterocycles. The van der Waals surface area contributed by atoms with Crippen LogP contribution in [-0.2, 0) is 11.2 Å². The highest BCUT2D eigenvalue weighted by Gasteiger charge is 2.32. The minimum atomic E-state index is -0.664. The van der Waals surface area contributed by atoms with Crippen molar-refractivity contribution in [3.63, 3.8) is 0 Å². The zero-order valence-electron chi connectivity index (χ0n) is 13.3. The Kier molecular flexibility index (Phi) is 4.84. The molecule has 1 aromatic carbocycles. The summed E-state index contributed by atoms with van der Waals surface area (Å²) in [6.45, 7) is 2.33. The first-order valence-corrected chi connectivity index (χ1v) is 8.46. The molecule has 1 heterocycles. The van der Waals surface area contributed by atoms with Crippen molar-refractivity contribution in [3.05, 3.63) is 29.8 Å². The van der Waals surface area contributed by atoms with Crippen molar-refractivity contribution < 1.29 is 9.82 Å². The van der Waals surface area contributed by atoms with Crippen LogP contribution >= 0.6 is 0 Å². The fourth-order valence-electron chi connectivity index (χ4n) is 3.82. The number of anilines is 1. The third-order valence-electron chi connectivity index (χ3n) is 4.89. The predicted molar refractivity (Wildman–Crippen MR) is 90.1 cm³/mol. The fraction of sp³-hybridized carbons (Fsp3) is 0.588. The lowest BCUT2D eigenvalue weighted by Gasteiger charge is -2.37. The molecule has 0 aromatic heterocycles. The van der Waals surface area contributed by atoms with Crippen molar-refractivity contribution in [1.29, 1.82) is 0 Å². The van der Waals surface area contributed by atoms with Gasteiger partial charge in [0.1, 0.15) is 0 Å². The van der Waals surface area contributed by atoms with Crippen LogP contribution in [0.3, 0.4) is 0 Å². The molecule has 0 unspecified atom stereocenters. The lowest BCUT2D eigenvalue weighted by atomic mass is 9.86. The predicted octanol–water partition coefficient (Wildman–Crippen LogP) is 2.02. The third-order valence-corrected chi connectivity index (χ3v) is 4.89. The van der Waals surface area contributed by atoms with Crippen LogP contribution in [0, 0.1) is 0 Å². The second-order valence-electron chi connectivity index (χ2n) is 6.61. The Morgan fingerprint density at radius 1 is 1.23 bits per heavy atom. The summed E-state index contributed by atoms with van der Waals surface area (Å²) in [6, 6.07) is 8.48. The van der Waals surface area contributed by atoms with Gasteiger partial charge in [0.15, 0.2) is 5.78 Å². The number of nitrogens with zero attached hydrogens (tertiary/aromatic N) is 1. The average Bonchev–Trinajstić information content (AvgIpc) is 2.65. The van der Waals surface area contributed by atoms with Gasteiger partial charge in [0, 0.05) is 24.7 Å². The summed E-state index contributed by atoms with van der Waals surface area (Å²) in [7, 11) is -0.664. The van der Waals surface area contributed by atoms with Crippen LogP contribution in [0.5, 0.6) is 0 Å². The van der Waals surface area contributed by atoms with E-state index in [0.717, 1.165) is 5.56 Å². The number of hydrogen-bond acceptors (Lipinski definition) is 4. The molecule has 1 aliphatic carbocycles. The molecule has 4 nitrogen and oxygen atoms in total. The smallest absolute Gasteiger partial charge is 0.374 e. The average molecular weight is 300 g/mol. The largest absolute Gasteiger partial charge is 0.437 e. The highest BCUT2D eigenvalue weighted by molar-refractivity contribution is 6.46. The molecule has 1 fully saturated rings. The lowest BCUT2D eigenvalue weighted by molar-refractivity contribution is -0.119. The molecule has 0 bridgehead atoms. The van der Waals surface area contributed by atoms with Crippen LogP contribution in [0.15, 0.2) is 24.3 Å². The van der Waals surface area contributed by atoms with Crippen LogP contribution in [0.1, 0.15) is 37.7 Å². The number of nitrogens with one attached hydrogen (secondary N) is 1. The number of para-hydroxylation sites is 1. The van der Waals surface area contributed by atoms with Gasteiger partial charge in [0.25, 0.3) is 0 Å². The zero-order valence-corrected chi connectivity index (χ0v) is 13.3. The molecule has 3 rings (SSSR count). The second kappa shape index (κ2) is 6.84. The minimum absolute atomic E-state index is 0.173. The number of ketones is 1. The normalized spacial score (nSPS) is 23.1. The molecule has 1 saturated carbocycles. The molecular formula is C17H25BN2O2. The van der Waals surface area contributed by atoms with Crippen LogP contribution in [0.4, 0.5) is 5.69 Å². The van der Waals surface area contributed by atoms with Crippen molar-refractivity contribution in [2.24, 2.45) is 0 Å². The van der Waals surface area contributed by atoms with E-state index in [4.69, 9.17) is 0 Å². The summed E-state index contributed by atoms with van der Waals surface area (Å²) in [5, 5.41) is 12.7. The third kappa shape index (κ3) is 3.36. The van der Waals surface area contributed by atoms with E-state index in [9.17, 15) is 9.82 Å². The Morgan fingerprint density at radius 2 is 1.95 bits per heavy atom. The lowest BCUT2D eigenvalue weighted by Crippen LogP contribution is -2.52. The van der Waals surface area contributed by atoms with E-state index in [1.807, 2.05) is 6.07 Å². The molecule has 22 heavy (non-hydrogen) atoms. The number of rotatable bonds is 3. The fourth-order valence-corrected chi connectivity index (χ4v) is 3.82. The van der Waals surface area contributed by atoms with E-state index in [0.29, 0.717) is 19.0 Å². The van der Waals surface area contributed by atoms with E-state index in [1.54, 1.807) is 6.82 Å². The van der Waals surface area contributed by atoms with Gasteiger partial charge in [-0.15, -0.1) is 0 Å². The first-order valence-electron chi connectivity index (χ1n) is 8.46. The Morgan fingerprint density at radius 3 is 2.68 bits per heavy atom. The molecule has 0 radical (unpaired) electrons. The van der Waals surface area contributed by atoms with Crippen LogP contribution in [-0.4, -0.2) is 36.5 Å². The number of fused-ring (bicyclic) bond motifs is 1. The Balaban J connectivity index is 1.91. The minimum Gasteiger partial charge on any atom is -0.437 e. The Hall–Kier alpha value is -1.33. The van der Waals surface area contributed by atoms with Gasteiger partial charge in [0.05, 0.1) is 6.04 Å². The van der Waals surface area contributed by atoms with Crippen molar-refractivity contribution in [3.8, 4) is 0 Å². The summed E-state index contributed by atoms with van der Waals surface area (Å²) in [4.78, 5) is 15.0. The second-order valence-corrected chi connectivity index (χ2v) is 6.61. The molecular weight excluding hydrogens is 275 g/mol. The molecule has 5 heteroatoms. The number of benzene rings is 1. The van der Waals surface area contributed by atoms with Gasteiger partial charge in [-0.05, 0) is 31.3 Å². The summed E-state index contributed by atoms with van der Waals surface area (Å²) >= 11 is 0. The van der Waals surface area contributed by atoms with Crippen molar-refractivity contribution in [2.75, 3.05) is 11.4 Å². The molecule has 1 atom stereocenters. The van der Waals surface area contributed by atoms with Crippen molar-refractivity contribution in [1.82, 2.24) is 5.23 Å². The summed E-state index contributed by atoms with van der Waals surface area (Å²) in [6.07, 6.45) is 6.70. The molecule has 2 N–H and O–H groups in total. The molecule has 118 valence electrons. The van der Waals surface area contributed by atoms with E-state index in [2.05, 4.69) is 28.3 Å². The van der Waals surface area contributed by atoms with E-state index >= 15 is 0 Å². The first kappa shape index (κ1) is 15.6. The number of Topliss-reactive ketones (excluding diaryl/α,β-unsaturated/α-hetero) is 1. The monoisotopic (exact) mass is 300 g/mol. The van der Waals surface area contributed by atoms with Gasteiger partial charge in [-0.2, -0.15) is 0 Å². The van der Waals surface area contributed by atoms with E-state index in [1.165, 1.54) is 37.8 Å². The Bertz CT molecular complexity index is 529. The number of carbonyl (C=O) groups is 1. The number of carbonyl (C=O) groups excluding carboxylic acids is 1. The van der Waals surface area contributed by atoms with Crippen LogP contribution in [0.25, 0.3) is 0 Å². The topological polar surface area (TPSA) is 52.6 Å². The first-order chi connectivity index (χ1) is 10.6. The van der Waals surface area contributed by atoms with Gasteiger partial charge in [-0.3, -0.25) is 4.79 Å². The quantitative estimate of drug-likeness (QED) is 0.839. The maximum absolute atomic E-state index is 12.5. The van der Waals surface area contributed by atoms with Crippen molar-refractivity contribution >= 4 is 18.5 Å². The number of hydrogen-bond donors (Lipinski definition) is 2. The molecule has 1 aromatic rings. The van der Waals surface area contributed by atoms with Gasteiger partial charge >= 0.3 is 7.05 Å². The maximum atomic E-state index is 12.5. The zero-order chi connectivity index (χ0) is 15.5. The maximum Gasteiger partial charge on any atom is 0.374 e. The van der Waals surface area contributed by atoms with Gasteiger partial charge in [0.2, 0.25) is 0 Å². The highest BCUT2D eigenvalue weighted by atomic mass is 16.2. The molecule has 0 spiro atoms. The summed E-state index contributed by atoms with van der Waals surface area (Å²) in [5.74, 6) is 0.173. The van der Waals surface area contributed by atoms with Gasteiger partial charge < -0.3 is 15.2 Å². The summed E-state index contributed by atoms with van der Waals surface area (Å²) in [5.41, 5.74) is 2.32. The van der Waals surface area contributed by atoms with Gasteiger partial charge in [-0.25, -0.2) is 0 Å². The van der Waals surface area contributed by atoms with Gasteiger partial charge in [-0.1, -0.05) is 37.5 Å². The SMILES string of the molecule is CB(O)N[C@@H]1CN(C2CCCCC2)c2ccccc2CC1=O. The van der Waals surface area contributed by atoms with E-state index in [-0.39, 0.29) is 11.8 Å². The standard InChI is InChI=1S/C17H25BN2O2/c1-18(22)19-15-12-20(14-8-3-2-4-9-14)16-10-6-5-7-13(16)11-17(15)21/h5-7,10,14-15,19,22H,2-4,8-9,11-12H2,1H3/t15-/m1/s1. The molecule has 1 aliphatic heterocycles. The van der Waals surface area contributed by atoms with E-state index < -0.39 is 7.05 Å². The highest BCUT2D eigenvalue weighted by Crippen LogP contribution is 2.32. The van der Waals surface area contributed by atoms with Crippen molar-refractivity contribution in [2.45, 2.75) is 57.4 Å². The van der Waals surface area contributed by atoms with Crippen LogP contribution in [0.2, 0.25) is 6.82 Å². The molecule has 0 amide bonds. The molecule has 2 aliphatic rings.